The average molecular weight is 475 g/mol. The van der Waals surface area contributed by atoms with Crippen molar-refractivity contribution < 1.29 is 37.3 Å². The van der Waals surface area contributed by atoms with Gasteiger partial charge in [-0.05, 0) is 73.7 Å². The molecule has 0 radical (unpaired) electrons. The quantitative estimate of drug-likeness (QED) is 0.480. The number of aromatic nitrogens is 1. The number of nitrogens with zero attached hydrogens (tertiary/aromatic N) is 1. The SMILES string of the molecule is COc1ccc2c(c1)c(C(C(=O)O)C1CCCC1)c(C)n2C(=O)c1ccc(OC(F)(F)F)cc1. The van der Waals surface area contributed by atoms with Crippen LogP contribution in [0.1, 0.15) is 53.2 Å². The molecule has 1 fully saturated rings. The summed E-state index contributed by atoms with van der Waals surface area (Å²) in [7, 11) is 1.51. The van der Waals surface area contributed by atoms with Crippen LogP contribution in [0.3, 0.4) is 0 Å². The van der Waals surface area contributed by atoms with Crippen molar-refractivity contribution in [2.75, 3.05) is 7.11 Å². The maximum absolute atomic E-state index is 13.5. The van der Waals surface area contributed by atoms with Gasteiger partial charge in [0, 0.05) is 16.6 Å². The Labute approximate surface area is 193 Å². The van der Waals surface area contributed by atoms with E-state index in [9.17, 15) is 27.9 Å². The number of halogens is 3. The fraction of sp³-hybridized carbons (Fsp3) is 0.360. The minimum atomic E-state index is -4.83. The minimum Gasteiger partial charge on any atom is -0.497 e. The second-order valence-electron chi connectivity index (χ2n) is 8.46. The molecule has 0 saturated heterocycles. The lowest BCUT2D eigenvalue weighted by molar-refractivity contribution is -0.274. The van der Waals surface area contributed by atoms with Crippen molar-refractivity contribution in [3.05, 3.63) is 59.3 Å². The van der Waals surface area contributed by atoms with Crippen molar-refractivity contribution >= 4 is 22.8 Å². The summed E-state index contributed by atoms with van der Waals surface area (Å²) >= 11 is 0. The molecule has 1 aliphatic rings. The van der Waals surface area contributed by atoms with E-state index in [1.165, 1.54) is 23.8 Å². The van der Waals surface area contributed by atoms with Crippen LogP contribution in [0, 0.1) is 12.8 Å². The molecule has 1 aliphatic carbocycles. The van der Waals surface area contributed by atoms with Crippen molar-refractivity contribution in [1.29, 1.82) is 0 Å². The summed E-state index contributed by atoms with van der Waals surface area (Å²) in [6.45, 7) is 1.70. The van der Waals surface area contributed by atoms with Gasteiger partial charge in [-0.2, -0.15) is 0 Å². The topological polar surface area (TPSA) is 77.8 Å². The fourth-order valence-electron chi connectivity index (χ4n) is 4.98. The standard InChI is InChI=1S/C25H24F3NO5/c1-14-21(22(24(31)32)15-5-3-4-6-15)19-13-18(33-2)11-12-20(19)29(14)23(30)16-7-9-17(10-8-16)34-25(26,27)28/h7-13,15,22H,3-6H2,1-2H3,(H,31,32). The molecule has 2 aromatic carbocycles. The fourth-order valence-corrected chi connectivity index (χ4v) is 4.98. The predicted molar refractivity (Wildman–Crippen MR) is 118 cm³/mol. The number of ether oxygens (including phenoxy) is 2. The van der Waals surface area contributed by atoms with Crippen molar-refractivity contribution in [2.45, 2.75) is 44.9 Å². The zero-order valence-electron chi connectivity index (χ0n) is 18.7. The van der Waals surface area contributed by atoms with Gasteiger partial charge >= 0.3 is 12.3 Å². The number of rotatable bonds is 6. The van der Waals surface area contributed by atoms with E-state index in [4.69, 9.17) is 4.74 Å². The monoisotopic (exact) mass is 475 g/mol. The molecule has 0 aliphatic heterocycles. The zero-order valence-corrected chi connectivity index (χ0v) is 18.7. The summed E-state index contributed by atoms with van der Waals surface area (Å²) in [4.78, 5) is 25.9. The number of carbonyl (C=O) groups excluding carboxylic acids is 1. The highest BCUT2D eigenvalue weighted by molar-refractivity contribution is 6.05. The second-order valence-corrected chi connectivity index (χ2v) is 8.46. The number of carboxylic acids is 1. The van der Waals surface area contributed by atoms with Gasteiger partial charge in [-0.15, -0.1) is 13.2 Å². The van der Waals surface area contributed by atoms with Gasteiger partial charge in [0.25, 0.3) is 5.91 Å². The lowest BCUT2D eigenvalue weighted by atomic mass is 9.83. The third-order valence-electron chi connectivity index (χ3n) is 6.45. The van der Waals surface area contributed by atoms with Gasteiger partial charge in [0.1, 0.15) is 11.5 Å². The summed E-state index contributed by atoms with van der Waals surface area (Å²) in [6, 6.07) is 9.76. The number of fused-ring (bicyclic) bond motifs is 1. The van der Waals surface area contributed by atoms with Crippen LogP contribution in [0.5, 0.6) is 11.5 Å². The molecule has 1 saturated carbocycles. The second kappa shape index (κ2) is 9.04. The molecule has 34 heavy (non-hydrogen) atoms. The molecule has 3 aromatic rings. The molecule has 1 aromatic heterocycles. The first-order chi connectivity index (χ1) is 16.1. The van der Waals surface area contributed by atoms with Gasteiger partial charge in [-0.1, -0.05) is 12.8 Å². The Kier molecular flexibility index (Phi) is 6.29. The molecule has 0 spiro atoms. The van der Waals surface area contributed by atoms with E-state index in [1.807, 2.05) is 0 Å². The van der Waals surface area contributed by atoms with Crippen LogP contribution in [0.4, 0.5) is 13.2 Å². The number of hydrogen-bond donors (Lipinski definition) is 1. The highest BCUT2D eigenvalue weighted by Gasteiger charge is 2.37. The van der Waals surface area contributed by atoms with E-state index in [0.29, 0.717) is 27.9 Å². The Morgan fingerprint density at radius 3 is 2.24 bits per heavy atom. The van der Waals surface area contributed by atoms with Crippen LogP contribution in [-0.4, -0.2) is 35.0 Å². The van der Waals surface area contributed by atoms with Gasteiger partial charge in [0.2, 0.25) is 0 Å². The van der Waals surface area contributed by atoms with Gasteiger partial charge < -0.3 is 14.6 Å². The van der Waals surface area contributed by atoms with Crippen LogP contribution < -0.4 is 9.47 Å². The molecule has 4 rings (SSSR count). The molecular weight excluding hydrogens is 451 g/mol. The summed E-state index contributed by atoms with van der Waals surface area (Å²) in [5, 5.41) is 10.8. The van der Waals surface area contributed by atoms with Crippen molar-refractivity contribution in [1.82, 2.24) is 4.57 Å². The lowest BCUT2D eigenvalue weighted by Gasteiger charge is -2.20. The van der Waals surface area contributed by atoms with E-state index in [0.717, 1.165) is 37.8 Å². The van der Waals surface area contributed by atoms with E-state index >= 15 is 0 Å². The number of methoxy groups -OCH3 is 1. The van der Waals surface area contributed by atoms with Gasteiger partial charge in [-0.25, -0.2) is 0 Å². The predicted octanol–water partition coefficient (Wildman–Crippen LogP) is 5.90. The Balaban J connectivity index is 1.84. The molecule has 0 amide bonds. The Bertz CT molecular complexity index is 1220. The largest absolute Gasteiger partial charge is 0.573 e. The number of carbonyl (C=O) groups is 2. The number of hydrogen-bond acceptors (Lipinski definition) is 4. The van der Waals surface area contributed by atoms with E-state index in [2.05, 4.69) is 4.74 Å². The molecule has 1 unspecified atom stereocenters. The van der Waals surface area contributed by atoms with Gasteiger partial charge in [0.05, 0.1) is 18.5 Å². The first kappa shape index (κ1) is 23.7. The molecule has 9 heteroatoms. The minimum absolute atomic E-state index is 0.0460. The van der Waals surface area contributed by atoms with Crippen LogP contribution >= 0.6 is 0 Å². The van der Waals surface area contributed by atoms with E-state index in [-0.39, 0.29) is 11.5 Å². The molecule has 1 heterocycles. The summed E-state index contributed by atoms with van der Waals surface area (Å²) in [6.07, 6.45) is -1.33. The third-order valence-corrected chi connectivity index (χ3v) is 6.45. The molecule has 180 valence electrons. The smallest absolute Gasteiger partial charge is 0.497 e. The highest BCUT2D eigenvalue weighted by Crippen LogP contribution is 2.43. The third kappa shape index (κ3) is 4.47. The first-order valence-corrected chi connectivity index (χ1v) is 10.9. The summed E-state index contributed by atoms with van der Waals surface area (Å²) in [5.74, 6) is -2.16. The van der Waals surface area contributed by atoms with E-state index in [1.54, 1.807) is 25.1 Å². The van der Waals surface area contributed by atoms with Crippen molar-refractivity contribution in [3.8, 4) is 11.5 Å². The zero-order chi connectivity index (χ0) is 24.6. The van der Waals surface area contributed by atoms with Gasteiger partial charge in [-0.3, -0.25) is 14.2 Å². The van der Waals surface area contributed by atoms with Crippen LogP contribution in [-0.2, 0) is 4.79 Å². The van der Waals surface area contributed by atoms with E-state index < -0.39 is 29.9 Å². The number of aliphatic carboxylic acids is 1. The highest BCUT2D eigenvalue weighted by atomic mass is 19.4. The lowest BCUT2D eigenvalue weighted by Crippen LogP contribution is -2.21. The maximum atomic E-state index is 13.5. The van der Waals surface area contributed by atoms with Crippen LogP contribution in [0.15, 0.2) is 42.5 Å². The van der Waals surface area contributed by atoms with Crippen LogP contribution in [0.25, 0.3) is 10.9 Å². The normalized spacial score (nSPS) is 15.4. The van der Waals surface area contributed by atoms with Crippen LogP contribution in [0.2, 0.25) is 0 Å². The number of alkyl halides is 3. The molecular formula is C25H24F3NO5. The maximum Gasteiger partial charge on any atom is 0.573 e. The molecule has 0 bridgehead atoms. The van der Waals surface area contributed by atoms with Gasteiger partial charge in [0.15, 0.2) is 0 Å². The summed E-state index contributed by atoms with van der Waals surface area (Å²) in [5.41, 5.74) is 1.71. The average Bonchev–Trinajstić information content (AvgIpc) is 3.39. The summed E-state index contributed by atoms with van der Waals surface area (Å²) < 4.78 is 48.1. The number of carboxylic acid groups (broad SMARTS) is 1. The Morgan fingerprint density at radius 2 is 1.68 bits per heavy atom. The first-order valence-electron chi connectivity index (χ1n) is 10.9. The Hall–Kier alpha value is -3.49. The van der Waals surface area contributed by atoms with Crippen molar-refractivity contribution in [2.24, 2.45) is 5.92 Å². The molecule has 1 atom stereocenters. The molecule has 6 nitrogen and oxygen atoms in total. The Morgan fingerprint density at radius 1 is 1.06 bits per heavy atom. The number of benzene rings is 2. The molecule has 1 N–H and O–H groups in total. The van der Waals surface area contributed by atoms with Crippen molar-refractivity contribution in [3.63, 3.8) is 0 Å².